The van der Waals surface area contributed by atoms with E-state index in [0.717, 1.165) is 30.4 Å². The second-order valence-corrected chi connectivity index (χ2v) is 13.2. The predicted octanol–water partition coefficient (Wildman–Crippen LogP) is 5.57. The Bertz CT molecular complexity index is 1450. The van der Waals surface area contributed by atoms with Crippen LogP contribution >= 0.6 is 23.2 Å². The molecule has 9 heteroatoms. The number of nitrogens with one attached hydrogen (secondary N) is 2. The number of hydrogen-bond donors (Lipinski definition) is 2. The van der Waals surface area contributed by atoms with E-state index in [9.17, 15) is 14.4 Å². The molecule has 2 bridgehead atoms. The molecule has 7 nitrogen and oxygen atoms in total. The van der Waals surface area contributed by atoms with Crippen molar-refractivity contribution in [3.05, 3.63) is 75.8 Å². The van der Waals surface area contributed by atoms with E-state index in [2.05, 4.69) is 24.5 Å². The number of rotatable bonds is 7. The number of ether oxygens (including phenoxy) is 1. The largest absolute Gasteiger partial charge is 0.359 e. The van der Waals surface area contributed by atoms with E-state index >= 15 is 0 Å². The Morgan fingerprint density at radius 1 is 1.07 bits per heavy atom. The average Bonchev–Trinajstić information content (AvgIpc) is 3.60. The summed E-state index contributed by atoms with van der Waals surface area (Å²) in [4.78, 5) is 43.8. The van der Waals surface area contributed by atoms with Gasteiger partial charge >= 0.3 is 0 Å². The summed E-state index contributed by atoms with van der Waals surface area (Å²) in [5.74, 6) is -1.59. The molecule has 4 aliphatic rings. The number of likely N-dealkylation sites (tertiary alicyclic amines) is 1. The van der Waals surface area contributed by atoms with Crippen LogP contribution in [0.25, 0.3) is 0 Å². The quantitative estimate of drug-likeness (QED) is 0.401. The van der Waals surface area contributed by atoms with E-state index in [1.54, 1.807) is 17.0 Å². The van der Waals surface area contributed by atoms with Crippen LogP contribution in [0.2, 0.25) is 10.0 Å². The van der Waals surface area contributed by atoms with Crippen molar-refractivity contribution in [2.75, 3.05) is 11.9 Å². The van der Waals surface area contributed by atoms with Crippen molar-refractivity contribution in [2.45, 2.75) is 70.2 Å². The lowest BCUT2D eigenvalue weighted by atomic mass is 9.73. The summed E-state index contributed by atoms with van der Waals surface area (Å²) in [5.41, 5.74) is 1.12. The van der Waals surface area contributed by atoms with Gasteiger partial charge in [-0.15, -0.1) is 0 Å². The van der Waals surface area contributed by atoms with Gasteiger partial charge in [0.25, 0.3) is 0 Å². The van der Waals surface area contributed by atoms with Gasteiger partial charge in [-0.25, -0.2) is 0 Å². The lowest BCUT2D eigenvalue weighted by Crippen LogP contribution is -2.58. The molecular weight excluding hydrogens is 573 g/mol. The Balaban J connectivity index is 1.31. The summed E-state index contributed by atoms with van der Waals surface area (Å²) in [5, 5.41) is 7.39. The topological polar surface area (TPSA) is 87.7 Å². The molecule has 0 aromatic heterocycles. The normalized spacial score (nSPS) is 33.1. The fraction of sp³-hybridized carbons (Fsp3) is 0.485. The molecule has 2 aromatic rings. The van der Waals surface area contributed by atoms with Crippen molar-refractivity contribution in [1.29, 1.82) is 0 Å². The molecule has 3 amide bonds. The molecule has 2 N–H and O–H groups in total. The van der Waals surface area contributed by atoms with Gasteiger partial charge in [-0.3, -0.25) is 14.4 Å². The molecule has 3 fully saturated rings. The number of halogens is 2. The molecule has 222 valence electrons. The first-order valence-corrected chi connectivity index (χ1v) is 15.6. The first-order valence-electron chi connectivity index (χ1n) is 14.9. The molecule has 3 heterocycles. The van der Waals surface area contributed by atoms with Gasteiger partial charge in [0.05, 0.1) is 17.9 Å². The second kappa shape index (κ2) is 11.3. The van der Waals surface area contributed by atoms with Gasteiger partial charge in [-0.05, 0) is 60.9 Å². The smallest absolute Gasteiger partial charge is 0.246 e. The van der Waals surface area contributed by atoms with Gasteiger partial charge in [0.1, 0.15) is 11.6 Å². The average molecular weight is 611 g/mol. The first kappa shape index (κ1) is 29.2. The third-order valence-electron chi connectivity index (χ3n) is 9.98. The minimum Gasteiger partial charge on any atom is -0.359 e. The van der Waals surface area contributed by atoms with E-state index in [1.165, 1.54) is 0 Å². The number of hydrogen-bond acceptors (Lipinski definition) is 4. The number of benzene rings is 2. The van der Waals surface area contributed by atoms with Crippen molar-refractivity contribution < 1.29 is 19.1 Å². The Morgan fingerprint density at radius 2 is 1.86 bits per heavy atom. The van der Waals surface area contributed by atoms with Crippen molar-refractivity contribution in [3.63, 3.8) is 0 Å². The molecule has 2 saturated heterocycles. The van der Waals surface area contributed by atoms with Crippen molar-refractivity contribution in [1.82, 2.24) is 10.2 Å². The lowest BCUT2D eigenvalue weighted by Gasteiger charge is -2.38. The standard InChI is InChI=1S/C33H37Cl2N3O4/c1-18-7-6-10-25(20(18)3)37-31(40)29-33-15-13-26(42-33)27(30(39)36-22-12-11-19(2)24(35)17-22)28(33)32(41)38(29)16-14-21-8-4-5-9-23(21)34/h4-5,8-9,11-13,15,17-18,20,25-29H,6-7,10,14,16H2,1-3H3,(H,36,39)(H,37,40)/t18-,20+,25+,26-,27+,28-,29-,33-/m0/s1. The minimum atomic E-state index is -1.22. The highest BCUT2D eigenvalue weighted by molar-refractivity contribution is 6.31. The summed E-state index contributed by atoms with van der Waals surface area (Å²) >= 11 is 12.7. The van der Waals surface area contributed by atoms with Gasteiger partial charge < -0.3 is 20.3 Å². The SMILES string of the molecule is Cc1ccc(NC(=O)[C@@H]2[C@@H]3C=C[C@]4(O3)[C@@H]2C(=O)N(CCc2ccccc2Cl)[C@H]4C(=O)N[C@@H]2CCC[C@H](C)[C@H]2C)cc1Cl. The van der Waals surface area contributed by atoms with Gasteiger partial charge in [0, 0.05) is 28.3 Å². The molecule has 1 spiro atoms. The molecule has 0 radical (unpaired) electrons. The zero-order valence-electron chi connectivity index (χ0n) is 24.1. The molecule has 2 aromatic carbocycles. The van der Waals surface area contributed by atoms with Gasteiger partial charge in [-0.2, -0.15) is 0 Å². The Kier molecular flexibility index (Phi) is 7.88. The Labute approximate surface area is 257 Å². The van der Waals surface area contributed by atoms with Gasteiger partial charge in [-0.1, -0.05) is 86.3 Å². The van der Waals surface area contributed by atoms with Crippen LogP contribution in [0, 0.1) is 30.6 Å². The fourth-order valence-electron chi connectivity index (χ4n) is 7.39. The number of amides is 3. The number of carbonyl (C=O) groups excluding carboxylic acids is 3. The Hall–Kier alpha value is -2.87. The highest BCUT2D eigenvalue weighted by atomic mass is 35.5. The highest BCUT2D eigenvalue weighted by Crippen LogP contribution is 2.55. The van der Waals surface area contributed by atoms with Crippen LogP contribution in [0.3, 0.4) is 0 Å². The molecule has 0 unspecified atom stereocenters. The lowest BCUT2D eigenvalue weighted by molar-refractivity contribution is -0.141. The molecule has 6 rings (SSSR count). The van der Waals surface area contributed by atoms with Crippen LogP contribution in [0.5, 0.6) is 0 Å². The summed E-state index contributed by atoms with van der Waals surface area (Å²) in [7, 11) is 0. The van der Waals surface area contributed by atoms with E-state index in [1.807, 2.05) is 49.4 Å². The van der Waals surface area contributed by atoms with E-state index in [4.69, 9.17) is 27.9 Å². The predicted molar refractivity (Wildman–Crippen MR) is 163 cm³/mol. The van der Waals surface area contributed by atoms with Crippen LogP contribution in [0.1, 0.15) is 44.2 Å². The summed E-state index contributed by atoms with van der Waals surface area (Å²) in [6.07, 6.45) is 6.64. The molecule has 1 aliphatic carbocycles. The molecule has 1 saturated carbocycles. The third-order valence-corrected chi connectivity index (χ3v) is 10.8. The zero-order chi connectivity index (χ0) is 29.8. The molecule has 8 atom stereocenters. The molecule has 3 aliphatic heterocycles. The maximum Gasteiger partial charge on any atom is 0.246 e. The Morgan fingerprint density at radius 3 is 2.62 bits per heavy atom. The van der Waals surface area contributed by atoms with Crippen LogP contribution in [-0.2, 0) is 25.5 Å². The fourth-order valence-corrected chi connectivity index (χ4v) is 7.80. The highest BCUT2D eigenvalue weighted by Gasteiger charge is 2.72. The van der Waals surface area contributed by atoms with Crippen LogP contribution in [0.4, 0.5) is 5.69 Å². The van der Waals surface area contributed by atoms with Crippen LogP contribution in [0.15, 0.2) is 54.6 Å². The molecule has 42 heavy (non-hydrogen) atoms. The maximum absolute atomic E-state index is 14.3. The van der Waals surface area contributed by atoms with Crippen LogP contribution in [-0.4, -0.2) is 53.0 Å². The second-order valence-electron chi connectivity index (χ2n) is 12.4. The van der Waals surface area contributed by atoms with Crippen LogP contribution < -0.4 is 10.6 Å². The summed E-state index contributed by atoms with van der Waals surface area (Å²) in [6.45, 7) is 6.57. The van der Waals surface area contributed by atoms with Crippen molar-refractivity contribution in [2.24, 2.45) is 23.7 Å². The number of aryl methyl sites for hydroxylation is 1. The van der Waals surface area contributed by atoms with Gasteiger partial charge in [0.2, 0.25) is 17.7 Å². The minimum absolute atomic E-state index is 0.0187. The third kappa shape index (κ3) is 4.93. The van der Waals surface area contributed by atoms with E-state index in [0.29, 0.717) is 34.0 Å². The molecular formula is C33H37Cl2N3O4. The number of carbonyl (C=O) groups is 3. The van der Waals surface area contributed by atoms with Gasteiger partial charge in [0.15, 0.2) is 0 Å². The van der Waals surface area contributed by atoms with E-state index in [-0.39, 0.29) is 30.3 Å². The summed E-state index contributed by atoms with van der Waals surface area (Å²) in [6, 6.07) is 11.9. The zero-order valence-corrected chi connectivity index (χ0v) is 25.6. The van der Waals surface area contributed by atoms with E-state index < -0.39 is 29.6 Å². The maximum atomic E-state index is 14.3. The number of anilines is 1. The van der Waals surface area contributed by atoms with Crippen molar-refractivity contribution >= 4 is 46.6 Å². The number of nitrogens with zero attached hydrogens (tertiary/aromatic N) is 1. The first-order chi connectivity index (χ1) is 20.1. The summed E-state index contributed by atoms with van der Waals surface area (Å²) < 4.78 is 6.50. The van der Waals surface area contributed by atoms with Crippen molar-refractivity contribution in [3.8, 4) is 0 Å². The number of fused-ring (bicyclic) bond motifs is 1. The monoisotopic (exact) mass is 609 g/mol.